The first-order valence-electron chi connectivity index (χ1n) is 10.3. The summed E-state index contributed by atoms with van der Waals surface area (Å²) in [5.74, 6) is 2.70. The molecule has 0 atom stereocenters. The molecule has 0 unspecified atom stereocenters. The quantitative estimate of drug-likeness (QED) is 0.380. The van der Waals surface area contributed by atoms with Gasteiger partial charge < -0.3 is 13.7 Å². The molecule has 0 radical (unpaired) electrons. The van der Waals surface area contributed by atoms with Gasteiger partial charge in [0, 0.05) is 55.7 Å². The molecule has 4 aromatic rings. The molecule has 7 heteroatoms. The van der Waals surface area contributed by atoms with Crippen molar-refractivity contribution in [2.24, 2.45) is 0 Å². The van der Waals surface area contributed by atoms with Crippen LogP contribution < -0.4 is 10.5 Å². The third-order valence-corrected chi connectivity index (χ3v) is 5.77. The Hall–Kier alpha value is -3.63. The summed E-state index contributed by atoms with van der Waals surface area (Å²) in [6.45, 7) is 8.16. The van der Waals surface area contributed by atoms with Crippen molar-refractivity contribution in [2.45, 2.75) is 13.8 Å². The van der Waals surface area contributed by atoms with Crippen LogP contribution in [0.3, 0.4) is 0 Å². The standard InChI is InChI=1S/C24H23N5O2/c1-4-7-27-8-10-28(11-9-27)19-6-5-18-12-20(24(30)31-22(18)13-19)21-15-29-14-16(2)25-17(3)23(29)26-21/h1,5-6,12-15H,7-11H2,2-3H3. The molecule has 4 heterocycles. The SMILES string of the molecule is C#CCN1CCN(c2ccc3cc(-c4cn5cc(C)nc(C)c5n4)c(=O)oc3c2)CC1. The summed E-state index contributed by atoms with van der Waals surface area (Å²) in [6, 6.07) is 7.87. The van der Waals surface area contributed by atoms with E-state index in [0.717, 1.165) is 54.3 Å². The monoisotopic (exact) mass is 413 g/mol. The number of fused-ring (bicyclic) bond motifs is 2. The molecule has 0 bridgehead atoms. The van der Waals surface area contributed by atoms with Crippen LogP contribution in [0.25, 0.3) is 27.9 Å². The molecule has 1 aromatic carbocycles. The number of hydrogen-bond acceptors (Lipinski definition) is 6. The van der Waals surface area contributed by atoms with Gasteiger partial charge in [-0.25, -0.2) is 9.78 Å². The van der Waals surface area contributed by atoms with Gasteiger partial charge in [-0.15, -0.1) is 6.42 Å². The smallest absolute Gasteiger partial charge is 0.345 e. The van der Waals surface area contributed by atoms with Gasteiger partial charge in [-0.05, 0) is 32.0 Å². The van der Waals surface area contributed by atoms with Crippen LogP contribution in [0.1, 0.15) is 11.4 Å². The molecule has 7 nitrogen and oxygen atoms in total. The Bertz CT molecular complexity index is 1390. The van der Waals surface area contributed by atoms with Gasteiger partial charge in [-0.1, -0.05) is 5.92 Å². The first kappa shape index (κ1) is 19.3. The van der Waals surface area contributed by atoms with Crippen molar-refractivity contribution in [1.82, 2.24) is 19.3 Å². The Kier molecular flexibility index (Phi) is 4.72. The molecule has 0 aliphatic carbocycles. The molecule has 0 spiro atoms. The maximum Gasteiger partial charge on any atom is 0.345 e. The summed E-state index contributed by atoms with van der Waals surface area (Å²) < 4.78 is 7.61. The van der Waals surface area contributed by atoms with Crippen molar-refractivity contribution in [3.05, 3.63) is 58.5 Å². The van der Waals surface area contributed by atoms with E-state index in [1.165, 1.54) is 0 Å². The maximum atomic E-state index is 12.8. The highest BCUT2D eigenvalue weighted by Crippen LogP contribution is 2.26. The Morgan fingerprint density at radius 3 is 2.68 bits per heavy atom. The fourth-order valence-electron chi connectivity index (χ4n) is 4.20. The van der Waals surface area contributed by atoms with Crippen molar-refractivity contribution in [3.8, 4) is 23.6 Å². The summed E-state index contributed by atoms with van der Waals surface area (Å²) >= 11 is 0. The number of rotatable bonds is 3. The first-order chi connectivity index (χ1) is 15.0. The zero-order valence-electron chi connectivity index (χ0n) is 17.6. The van der Waals surface area contributed by atoms with Gasteiger partial charge in [0.2, 0.25) is 0 Å². The molecule has 5 rings (SSSR count). The Morgan fingerprint density at radius 1 is 1.10 bits per heavy atom. The van der Waals surface area contributed by atoms with Gasteiger partial charge in [0.25, 0.3) is 0 Å². The van der Waals surface area contributed by atoms with Crippen molar-refractivity contribution in [3.63, 3.8) is 0 Å². The van der Waals surface area contributed by atoms with Crippen LogP contribution in [0.4, 0.5) is 5.69 Å². The van der Waals surface area contributed by atoms with Crippen LogP contribution >= 0.6 is 0 Å². The minimum Gasteiger partial charge on any atom is -0.422 e. The molecule has 31 heavy (non-hydrogen) atoms. The fourth-order valence-corrected chi connectivity index (χ4v) is 4.20. The summed E-state index contributed by atoms with van der Waals surface area (Å²) in [6.07, 6.45) is 9.16. The topological polar surface area (TPSA) is 66.9 Å². The van der Waals surface area contributed by atoms with Gasteiger partial charge in [0.1, 0.15) is 5.58 Å². The van der Waals surface area contributed by atoms with Crippen LogP contribution in [0.2, 0.25) is 0 Å². The summed E-state index contributed by atoms with van der Waals surface area (Å²) in [5.41, 5.74) is 4.72. The zero-order valence-corrected chi connectivity index (χ0v) is 17.6. The number of hydrogen-bond donors (Lipinski definition) is 0. The summed E-state index contributed by atoms with van der Waals surface area (Å²) in [7, 11) is 0. The molecule has 1 fully saturated rings. The van der Waals surface area contributed by atoms with Gasteiger partial charge in [0.05, 0.1) is 29.2 Å². The highest BCUT2D eigenvalue weighted by Gasteiger charge is 2.18. The highest BCUT2D eigenvalue weighted by atomic mass is 16.4. The lowest BCUT2D eigenvalue weighted by Crippen LogP contribution is -2.46. The van der Waals surface area contributed by atoms with Crippen molar-refractivity contribution in [1.29, 1.82) is 0 Å². The number of anilines is 1. The molecule has 0 N–H and O–H groups in total. The maximum absolute atomic E-state index is 12.8. The van der Waals surface area contributed by atoms with Gasteiger partial charge >= 0.3 is 5.63 Å². The van der Waals surface area contributed by atoms with Crippen LogP contribution in [0.5, 0.6) is 0 Å². The molecule has 0 amide bonds. The molecular weight excluding hydrogens is 390 g/mol. The van der Waals surface area contributed by atoms with Crippen LogP contribution in [-0.4, -0.2) is 52.0 Å². The third kappa shape index (κ3) is 3.56. The summed E-state index contributed by atoms with van der Waals surface area (Å²) in [4.78, 5) is 26.4. The van der Waals surface area contributed by atoms with Crippen LogP contribution in [0.15, 0.2) is 45.9 Å². The van der Waals surface area contributed by atoms with E-state index in [1.807, 2.05) is 48.8 Å². The second kappa shape index (κ2) is 7.56. The van der Waals surface area contributed by atoms with Crippen LogP contribution in [-0.2, 0) is 0 Å². The second-order valence-electron chi connectivity index (χ2n) is 7.96. The minimum absolute atomic E-state index is 0.394. The van der Waals surface area contributed by atoms with E-state index in [0.29, 0.717) is 23.4 Å². The van der Waals surface area contributed by atoms with E-state index in [2.05, 4.69) is 31.8 Å². The molecule has 156 valence electrons. The molecule has 3 aromatic heterocycles. The largest absolute Gasteiger partial charge is 0.422 e. The van der Waals surface area contributed by atoms with Crippen LogP contribution in [0, 0.1) is 26.2 Å². The Morgan fingerprint density at radius 2 is 1.90 bits per heavy atom. The predicted octanol–water partition coefficient (Wildman–Crippen LogP) is 2.87. The molecule has 0 saturated carbocycles. The lowest BCUT2D eigenvalue weighted by molar-refractivity contribution is 0.288. The predicted molar refractivity (Wildman–Crippen MR) is 121 cm³/mol. The van der Waals surface area contributed by atoms with E-state index >= 15 is 0 Å². The van der Waals surface area contributed by atoms with E-state index < -0.39 is 5.63 Å². The normalized spacial score (nSPS) is 14.9. The lowest BCUT2D eigenvalue weighted by Gasteiger charge is -2.35. The third-order valence-electron chi connectivity index (χ3n) is 5.77. The average Bonchev–Trinajstić information content (AvgIpc) is 3.18. The van der Waals surface area contributed by atoms with Crippen molar-refractivity contribution >= 4 is 22.3 Å². The summed E-state index contributed by atoms with van der Waals surface area (Å²) in [5, 5.41) is 0.868. The number of aromatic nitrogens is 3. The van der Waals surface area contributed by atoms with Gasteiger partial charge in [0.15, 0.2) is 5.65 Å². The van der Waals surface area contributed by atoms with E-state index in [-0.39, 0.29) is 0 Å². The highest BCUT2D eigenvalue weighted by molar-refractivity contribution is 5.84. The fraction of sp³-hybridized carbons (Fsp3) is 0.292. The zero-order chi connectivity index (χ0) is 21.5. The van der Waals surface area contributed by atoms with Crippen molar-refractivity contribution in [2.75, 3.05) is 37.6 Å². The number of nitrogens with zero attached hydrogens (tertiary/aromatic N) is 5. The second-order valence-corrected chi connectivity index (χ2v) is 7.96. The lowest BCUT2D eigenvalue weighted by atomic mass is 10.1. The first-order valence-corrected chi connectivity index (χ1v) is 10.3. The number of piperazine rings is 1. The number of terminal acetylenes is 1. The molecule has 1 saturated heterocycles. The van der Waals surface area contributed by atoms with Gasteiger partial charge in [-0.2, -0.15) is 0 Å². The van der Waals surface area contributed by atoms with Crippen molar-refractivity contribution < 1.29 is 4.42 Å². The Balaban J connectivity index is 1.48. The number of imidazole rings is 1. The number of aryl methyl sites for hydroxylation is 2. The van der Waals surface area contributed by atoms with Gasteiger partial charge in [-0.3, -0.25) is 9.88 Å². The van der Waals surface area contributed by atoms with E-state index in [1.54, 1.807) is 0 Å². The number of benzene rings is 1. The molecular formula is C24H23N5O2. The average molecular weight is 413 g/mol. The Labute approximate surface area is 179 Å². The van der Waals surface area contributed by atoms with E-state index in [9.17, 15) is 4.79 Å². The minimum atomic E-state index is -0.394. The molecule has 1 aliphatic rings. The molecule has 1 aliphatic heterocycles. The van der Waals surface area contributed by atoms with E-state index in [4.69, 9.17) is 10.8 Å².